The van der Waals surface area contributed by atoms with Gasteiger partial charge in [0.1, 0.15) is 0 Å². The fourth-order valence-corrected chi connectivity index (χ4v) is 7.97. The zero-order valence-corrected chi connectivity index (χ0v) is 23.4. The number of aliphatic hydroxyl groups is 1. The van der Waals surface area contributed by atoms with Crippen LogP contribution in [0, 0.1) is 29.3 Å². The summed E-state index contributed by atoms with van der Waals surface area (Å²) in [5.41, 5.74) is -1.61. The van der Waals surface area contributed by atoms with Crippen LogP contribution >= 0.6 is 11.6 Å². The third-order valence-electron chi connectivity index (χ3n) is 7.69. The van der Waals surface area contributed by atoms with Gasteiger partial charge in [-0.3, -0.25) is 4.79 Å². The lowest BCUT2D eigenvalue weighted by Crippen LogP contribution is -2.51. The van der Waals surface area contributed by atoms with Gasteiger partial charge in [-0.2, -0.15) is 0 Å². The van der Waals surface area contributed by atoms with E-state index in [1.54, 1.807) is 7.11 Å². The quantitative estimate of drug-likeness (QED) is 0.273. The van der Waals surface area contributed by atoms with Gasteiger partial charge in [-0.1, -0.05) is 11.6 Å². The maximum absolute atomic E-state index is 13.7. The monoisotopic (exact) mass is 605 g/mol. The molecule has 8 nitrogen and oxygen atoms in total. The highest BCUT2D eigenvalue weighted by Crippen LogP contribution is 2.52. The molecule has 2 saturated carbocycles. The summed E-state index contributed by atoms with van der Waals surface area (Å²) in [7, 11) is -2.44. The van der Waals surface area contributed by atoms with Crippen molar-refractivity contribution in [3.63, 3.8) is 0 Å². The molecule has 0 spiro atoms. The van der Waals surface area contributed by atoms with Crippen LogP contribution in [0.15, 0.2) is 35.2 Å². The molecule has 2 N–H and O–H groups in total. The second kappa shape index (κ2) is 12.7. The third kappa shape index (κ3) is 6.47. The summed E-state index contributed by atoms with van der Waals surface area (Å²) in [6.07, 6.45) is 1.71. The fraction of sp³-hybridized carbons (Fsp3) is 0.519. The Morgan fingerprint density at radius 1 is 1.02 bits per heavy atom. The predicted molar refractivity (Wildman–Crippen MR) is 141 cm³/mol. The Morgan fingerprint density at radius 3 is 2.25 bits per heavy atom. The summed E-state index contributed by atoms with van der Waals surface area (Å²) in [4.78, 5) is 12.5. The first kappa shape index (κ1) is 30.7. The molecule has 2 aromatic carbocycles. The van der Waals surface area contributed by atoms with E-state index in [0.29, 0.717) is 44.8 Å². The Bertz CT molecular complexity index is 1310. The second-order valence-corrected chi connectivity index (χ2v) is 12.7. The summed E-state index contributed by atoms with van der Waals surface area (Å²) in [6, 6.07) is 4.86. The summed E-state index contributed by atoms with van der Waals surface area (Å²) in [6.45, 7) is 1.61. The minimum absolute atomic E-state index is 0.0731. The van der Waals surface area contributed by atoms with E-state index in [1.807, 2.05) is 0 Å². The summed E-state index contributed by atoms with van der Waals surface area (Å²) < 4.78 is 83.6. The van der Waals surface area contributed by atoms with Crippen LogP contribution in [0.3, 0.4) is 0 Å². The van der Waals surface area contributed by atoms with Crippen LogP contribution in [0.5, 0.6) is 0 Å². The van der Waals surface area contributed by atoms with E-state index >= 15 is 0 Å². The Balaban J connectivity index is 1.44. The topological polar surface area (TPSA) is 111 Å². The first-order valence-electron chi connectivity index (χ1n) is 12.8. The maximum atomic E-state index is 13.7. The summed E-state index contributed by atoms with van der Waals surface area (Å²) >= 11 is 6.26. The SMILES string of the molecule is COCCOCCOC[C@]1(O)C2CCC1C[C@@H](S(=O)(=O)c1cc(C(=O)Nc3cc(F)c(F)c(F)c3)ccc1Cl)C2. The van der Waals surface area contributed by atoms with Crippen LogP contribution in [0.1, 0.15) is 36.0 Å². The highest BCUT2D eigenvalue weighted by molar-refractivity contribution is 7.92. The van der Waals surface area contributed by atoms with Crippen molar-refractivity contribution in [3.8, 4) is 0 Å². The Kier molecular flexibility index (Phi) is 9.79. The Morgan fingerprint density at radius 2 is 1.62 bits per heavy atom. The van der Waals surface area contributed by atoms with Gasteiger partial charge in [0, 0.05) is 30.5 Å². The zero-order valence-electron chi connectivity index (χ0n) is 21.8. The number of carbonyl (C=O) groups excluding carboxylic acids is 1. The van der Waals surface area contributed by atoms with Crippen molar-refractivity contribution < 1.29 is 45.7 Å². The van der Waals surface area contributed by atoms with Gasteiger partial charge in [0.15, 0.2) is 27.3 Å². The van der Waals surface area contributed by atoms with Crippen LogP contribution in [0.25, 0.3) is 0 Å². The smallest absolute Gasteiger partial charge is 0.255 e. The van der Waals surface area contributed by atoms with Crippen molar-refractivity contribution in [3.05, 3.63) is 58.4 Å². The van der Waals surface area contributed by atoms with Crippen molar-refractivity contribution in [2.75, 3.05) is 45.5 Å². The van der Waals surface area contributed by atoms with Crippen molar-refractivity contribution in [1.29, 1.82) is 0 Å². The van der Waals surface area contributed by atoms with Crippen molar-refractivity contribution >= 4 is 33.0 Å². The third-order valence-corrected chi connectivity index (χ3v) is 10.3. The molecular formula is C27H31ClF3NO7S. The number of ether oxygens (including phenoxy) is 3. The molecule has 2 aromatic rings. The molecule has 0 radical (unpaired) electrons. The molecule has 2 atom stereocenters. The van der Waals surface area contributed by atoms with E-state index in [-0.39, 0.29) is 59.1 Å². The molecule has 2 aliphatic carbocycles. The van der Waals surface area contributed by atoms with Gasteiger partial charge in [0.25, 0.3) is 5.91 Å². The molecule has 2 fully saturated rings. The molecule has 2 bridgehead atoms. The number of nitrogens with one attached hydrogen (secondary N) is 1. The Labute approximate surface area is 235 Å². The summed E-state index contributed by atoms with van der Waals surface area (Å²) in [5.74, 6) is -6.10. The number of halogens is 4. The van der Waals surface area contributed by atoms with Crippen LogP contribution < -0.4 is 5.32 Å². The minimum Gasteiger partial charge on any atom is -0.387 e. The molecule has 40 heavy (non-hydrogen) atoms. The van der Waals surface area contributed by atoms with Crippen LogP contribution in [-0.2, 0) is 24.0 Å². The molecule has 0 saturated heterocycles. The van der Waals surface area contributed by atoms with E-state index in [9.17, 15) is 31.5 Å². The highest BCUT2D eigenvalue weighted by atomic mass is 35.5. The number of hydrogen-bond donors (Lipinski definition) is 2. The molecule has 0 aromatic heterocycles. The number of sulfone groups is 1. The van der Waals surface area contributed by atoms with E-state index in [0.717, 1.165) is 6.07 Å². The second-order valence-electron chi connectivity index (χ2n) is 10.1. The molecule has 0 heterocycles. The van der Waals surface area contributed by atoms with E-state index < -0.39 is 44.0 Å². The minimum atomic E-state index is -4.02. The van der Waals surface area contributed by atoms with Gasteiger partial charge in [-0.15, -0.1) is 0 Å². The molecule has 220 valence electrons. The number of methoxy groups -OCH3 is 1. The number of anilines is 1. The largest absolute Gasteiger partial charge is 0.387 e. The number of fused-ring (bicyclic) bond motifs is 2. The number of benzene rings is 2. The average Bonchev–Trinajstić information content (AvgIpc) is 3.06. The predicted octanol–water partition coefficient (Wildman–Crippen LogP) is 4.38. The van der Waals surface area contributed by atoms with E-state index in [2.05, 4.69) is 5.32 Å². The highest BCUT2D eigenvalue weighted by Gasteiger charge is 2.55. The number of hydrogen-bond acceptors (Lipinski definition) is 7. The molecule has 1 amide bonds. The van der Waals surface area contributed by atoms with Gasteiger partial charge < -0.3 is 24.6 Å². The number of rotatable bonds is 12. The lowest BCUT2D eigenvalue weighted by molar-refractivity contribution is -0.119. The van der Waals surface area contributed by atoms with Crippen LogP contribution in [-0.4, -0.2) is 70.4 Å². The lowest BCUT2D eigenvalue weighted by atomic mass is 9.75. The average molecular weight is 606 g/mol. The van der Waals surface area contributed by atoms with Gasteiger partial charge in [-0.05, 0) is 55.7 Å². The maximum Gasteiger partial charge on any atom is 0.255 e. The van der Waals surface area contributed by atoms with Gasteiger partial charge in [-0.25, -0.2) is 21.6 Å². The van der Waals surface area contributed by atoms with Crippen molar-refractivity contribution in [2.45, 2.75) is 41.4 Å². The van der Waals surface area contributed by atoms with Crippen molar-refractivity contribution in [2.24, 2.45) is 11.8 Å². The molecule has 2 aliphatic rings. The van der Waals surface area contributed by atoms with Crippen molar-refractivity contribution in [1.82, 2.24) is 0 Å². The van der Waals surface area contributed by atoms with Crippen LogP contribution in [0.4, 0.5) is 18.9 Å². The lowest BCUT2D eigenvalue weighted by Gasteiger charge is -2.42. The number of amides is 1. The number of carbonyl (C=O) groups is 1. The van der Waals surface area contributed by atoms with Gasteiger partial charge >= 0.3 is 0 Å². The first-order chi connectivity index (χ1) is 19.0. The van der Waals surface area contributed by atoms with E-state index in [4.69, 9.17) is 25.8 Å². The molecular weight excluding hydrogens is 575 g/mol. The van der Waals surface area contributed by atoms with Gasteiger partial charge in [0.05, 0.1) is 53.8 Å². The molecule has 2 unspecified atom stereocenters. The molecule has 0 aliphatic heterocycles. The standard InChI is InChI=1S/C27H31ClF3NO7S/c1-37-6-7-38-8-9-39-15-27(34)17-3-4-18(27)12-20(11-17)40(35,36)24-10-16(2-5-21(24)28)26(33)32-19-13-22(29)25(31)23(30)14-19/h2,5,10,13-14,17-18,20,34H,3-4,6-9,11-12,15H2,1H3,(H,32,33)/t17?,18?,20-,27-. The normalized spacial score (nSPS) is 24.3. The first-order valence-corrected chi connectivity index (χ1v) is 14.8. The van der Waals surface area contributed by atoms with E-state index in [1.165, 1.54) is 12.1 Å². The summed E-state index contributed by atoms with van der Waals surface area (Å²) in [5, 5.41) is 12.7. The fourth-order valence-electron chi connectivity index (χ4n) is 5.57. The Hall–Kier alpha value is -2.22. The molecule has 4 rings (SSSR count). The molecule has 13 heteroatoms. The van der Waals surface area contributed by atoms with Crippen LogP contribution in [0.2, 0.25) is 5.02 Å². The zero-order chi connectivity index (χ0) is 29.1. The van der Waals surface area contributed by atoms with Gasteiger partial charge in [0.2, 0.25) is 0 Å².